The Bertz CT molecular complexity index is 298. The maximum absolute atomic E-state index is 11.5. The minimum absolute atomic E-state index is 0.137. The number of nitrogens with one attached hydrogen (secondary N) is 1. The molecule has 6 heteroatoms. The molecular formula is C11H19NO5. The molecule has 3 N–H and O–H groups in total. The molecule has 1 aliphatic carbocycles. The van der Waals surface area contributed by atoms with Gasteiger partial charge in [0.05, 0.1) is 6.10 Å². The van der Waals surface area contributed by atoms with E-state index < -0.39 is 23.7 Å². The van der Waals surface area contributed by atoms with E-state index in [2.05, 4.69) is 5.32 Å². The highest BCUT2D eigenvalue weighted by molar-refractivity contribution is 5.84. The minimum atomic E-state index is -1.73. The van der Waals surface area contributed by atoms with Gasteiger partial charge in [-0.25, -0.2) is 9.59 Å². The van der Waals surface area contributed by atoms with Crippen molar-refractivity contribution in [3.05, 3.63) is 0 Å². The summed E-state index contributed by atoms with van der Waals surface area (Å²) in [5.41, 5.74) is -1.73. The first-order valence-corrected chi connectivity index (χ1v) is 5.76. The second-order valence-corrected chi connectivity index (χ2v) is 4.62. The van der Waals surface area contributed by atoms with Crippen molar-refractivity contribution in [3.63, 3.8) is 0 Å². The molecular weight excluding hydrogens is 226 g/mol. The third-order valence-electron chi connectivity index (χ3n) is 3.22. The first-order valence-electron chi connectivity index (χ1n) is 5.76. The van der Waals surface area contributed by atoms with Crippen molar-refractivity contribution in [3.8, 4) is 0 Å². The fourth-order valence-electron chi connectivity index (χ4n) is 1.74. The third-order valence-corrected chi connectivity index (χ3v) is 3.22. The molecule has 0 spiro atoms. The van der Waals surface area contributed by atoms with E-state index in [0.717, 1.165) is 25.7 Å². The average molecular weight is 245 g/mol. The lowest BCUT2D eigenvalue weighted by atomic mass is 9.96. The predicted molar refractivity (Wildman–Crippen MR) is 59.6 cm³/mol. The van der Waals surface area contributed by atoms with E-state index in [1.807, 2.05) is 0 Å². The second-order valence-electron chi connectivity index (χ2n) is 4.62. The molecule has 6 nitrogen and oxygen atoms in total. The van der Waals surface area contributed by atoms with Crippen LogP contribution < -0.4 is 5.32 Å². The Morgan fingerprint density at radius 3 is 2.35 bits per heavy atom. The summed E-state index contributed by atoms with van der Waals surface area (Å²) in [6.07, 6.45) is 1.52. The van der Waals surface area contributed by atoms with Crippen molar-refractivity contribution in [2.24, 2.45) is 0 Å². The van der Waals surface area contributed by atoms with Crippen LogP contribution in [0.2, 0.25) is 0 Å². The largest absolute Gasteiger partial charge is 0.479 e. The van der Waals surface area contributed by atoms with Gasteiger partial charge in [0.25, 0.3) is 0 Å². The first-order chi connectivity index (χ1) is 7.86. The van der Waals surface area contributed by atoms with E-state index in [1.165, 1.54) is 13.8 Å². The van der Waals surface area contributed by atoms with Gasteiger partial charge < -0.3 is 20.3 Å². The van der Waals surface area contributed by atoms with Crippen LogP contribution in [0.5, 0.6) is 0 Å². The van der Waals surface area contributed by atoms with Crippen molar-refractivity contribution >= 4 is 12.1 Å². The van der Waals surface area contributed by atoms with Crippen LogP contribution >= 0.6 is 0 Å². The van der Waals surface area contributed by atoms with Gasteiger partial charge in [-0.15, -0.1) is 0 Å². The molecule has 0 aliphatic heterocycles. The van der Waals surface area contributed by atoms with Crippen molar-refractivity contribution in [1.29, 1.82) is 0 Å². The standard InChI is InChI=1S/C11H19NO5/c1-7(13)11(2,9(14)15)12-10(16)17-8-5-3-4-6-8/h7-8,13H,3-6H2,1-2H3,(H,12,16)(H,14,15). The molecule has 0 bridgehead atoms. The lowest BCUT2D eigenvalue weighted by molar-refractivity contribution is -0.148. The zero-order valence-electron chi connectivity index (χ0n) is 10.1. The van der Waals surface area contributed by atoms with E-state index in [0.29, 0.717) is 0 Å². The molecule has 0 aromatic heterocycles. The topological polar surface area (TPSA) is 95.9 Å². The Hall–Kier alpha value is -1.30. The molecule has 2 atom stereocenters. The number of carboxylic acids is 1. The van der Waals surface area contributed by atoms with E-state index in [9.17, 15) is 14.7 Å². The van der Waals surface area contributed by atoms with Gasteiger partial charge in [-0.05, 0) is 39.5 Å². The van der Waals surface area contributed by atoms with Gasteiger partial charge in [-0.1, -0.05) is 0 Å². The monoisotopic (exact) mass is 245 g/mol. The summed E-state index contributed by atoms with van der Waals surface area (Å²) in [7, 11) is 0. The maximum atomic E-state index is 11.5. The Morgan fingerprint density at radius 2 is 1.94 bits per heavy atom. The molecule has 0 saturated heterocycles. The highest BCUT2D eigenvalue weighted by Gasteiger charge is 2.40. The van der Waals surface area contributed by atoms with Crippen LogP contribution in [0.25, 0.3) is 0 Å². The Kier molecular flexibility index (Phi) is 4.34. The Morgan fingerprint density at radius 1 is 1.41 bits per heavy atom. The molecule has 2 unspecified atom stereocenters. The first kappa shape index (κ1) is 13.8. The van der Waals surface area contributed by atoms with Gasteiger partial charge in [-0.3, -0.25) is 0 Å². The Labute approximate surface area is 100.0 Å². The third kappa shape index (κ3) is 3.33. The molecule has 0 radical (unpaired) electrons. The number of amides is 1. The summed E-state index contributed by atoms with van der Waals surface area (Å²) >= 11 is 0. The lowest BCUT2D eigenvalue weighted by Crippen LogP contribution is -2.59. The predicted octanol–water partition coefficient (Wildman–Crippen LogP) is 0.879. The van der Waals surface area contributed by atoms with Gasteiger partial charge in [0.2, 0.25) is 0 Å². The van der Waals surface area contributed by atoms with E-state index in [-0.39, 0.29) is 6.10 Å². The summed E-state index contributed by atoms with van der Waals surface area (Å²) < 4.78 is 5.08. The van der Waals surface area contributed by atoms with Crippen LogP contribution in [-0.4, -0.2) is 40.0 Å². The second kappa shape index (κ2) is 5.35. The molecule has 1 rings (SSSR count). The molecule has 1 amide bonds. The fraction of sp³-hybridized carbons (Fsp3) is 0.818. The number of carbonyl (C=O) groups is 2. The van der Waals surface area contributed by atoms with Crippen molar-refractivity contribution < 1.29 is 24.5 Å². The number of aliphatic carboxylic acids is 1. The molecule has 1 fully saturated rings. The quantitative estimate of drug-likeness (QED) is 0.683. The summed E-state index contributed by atoms with van der Waals surface area (Å²) in [6, 6.07) is 0. The van der Waals surface area contributed by atoms with E-state index in [1.54, 1.807) is 0 Å². The van der Waals surface area contributed by atoms with Gasteiger partial charge in [-0.2, -0.15) is 0 Å². The molecule has 0 aromatic carbocycles. The molecule has 0 heterocycles. The Balaban J connectivity index is 2.55. The van der Waals surface area contributed by atoms with Gasteiger partial charge in [0, 0.05) is 0 Å². The highest BCUT2D eigenvalue weighted by Crippen LogP contribution is 2.21. The van der Waals surface area contributed by atoms with Gasteiger partial charge >= 0.3 is 12.1 Å². The summed E-state index contributed by atoms with van der Waals surface area (Å²) in [4.78, 5) is 22.5. The molecule has 1 saturated carbocycles. The number of hydrogen-bond acceptors (Lipinski definition) is 4. The van der Waals surface area contributed by atoms with Gasteiger partial charge in [0.15, 0.2) is 5.54 Å². The lowest BCUT2D eigenvalue weighted by Gasteiger charge is -2.29. The number of hydrogen-bond donors (Lipinski definition) is 3. The summed E-state index contributed by atoms with van der Waals surface area (Å²) in [5, 5.41) is 20.6. The van der Waals surface area contributed by atoms with Crippen LogP contribution in [0.3, 0.4) is 0 Å². The summed E-state index contributed by atoms with van der Waals surface area (Å²) in [5.74, 6) is -1.30. The maximum Gasteiger partial charge on any atom is 0.408 e. The van der Waals surface area contributed by atoms with Crippen LogP contribution in [0.4, 0.5) is 4.79 Å². The molecule has 0 aromatic rings. The molecule has 17 heavy (non-hydrogen) atoms. The number of carboxylic acid groups (broad SMARTS) is 1. The van der Waals surface area contributed by atoms with Crippen LogP contribution in [0.15, 0.2) is 0 Å². The minimum Gasteiger partial charge on any atom is -0.479 e. The number of rotatable bonds is 4. The zero-order valence-corrected chi connectivity index (χ0v) is 10.1. The number of ether oxygens (including phenoxy) is 1. The smallest absolute Gasteiger partial charge is 0.408 e. The number of alkyl carbamates (subject to hydrolysis) is 1. The molecule has 1 aliphatic rings. The highest BCUT2D eigenvalue weighted by atomic mass is 16.6. The number of carbonyl (C=O) groups excluding carboxylic acids is 1. The zero-order chi connectivity index (χ0) is 13.1. The normalized spacial score (nSPS) is 21.6. The number of aliphatic hydroxyl groups excluding tert-OH is 1. The van der Waals surface area contributed by atoms with Crippen LogP contribution in [-0.2, 0) is 9.53 Å². The fourth-order valence-corrected chi connectivity index (χ4v) is 1.74. The van der Waals surface area contributed by atoms with E-state index >= 15 is 0 Å². The SMILES string of the molecule is CC(O)C(C)(NC(=O)OC1CCCC1)C(=O)O. The van der Waals surface area contributed by atoms with Gasteiger partial charge in [0.1, 0.15) is 6.10 Å². The van der Waals surface area contributed by atoms with Crippen molar-refractivity contribution in [2.75, 3.05) is 0 Å². The van der Waals surface area contributed by atoms with Crippen molar-refractivity contribution in [2.45, 2.75) is 57.3 Å². The van der Waals surface area contributed by atoms with E-state index in [4.69, 9.17) is 9.84 Å². The van der Waals surface area contributed by atoms with Crippen LogP contribution in [0.1, 0.15) is 39.5 Å². The molecule has 98 valence electrons. The summed E-state index contributed by atoms with van der Waals surface area (Å²) in [6.45, 7) is 2.56. The average Bonchev–Trinajstić information content (AvgIpc) is 2.69. The van der Waals surface area contributed by atoms with Crippen LogP contribution in [0, 0.1) is 0 Å². The van der Waals surface area contributed by atoms with Crippen molar-refractivity contribution in [1.82, 2.24) is 5.32 Å². The number of aliphatic hydroxyl groups is 1.